The molecule has 5 N–H and O–H groups in total. The van der Waals surface area contributed by atoms with Crippen molar-refractivity contribution in [1.29, 1.82) is 5.41 Å². The van der Waals surface area contributed by atoms with Crippen molar-refractivity contribution in [3.63, 3.8) is 0 Å². The molecule has 182 valence electrons. The highest BCUT2D eigenvalue weighted by atomic mass is 32.2. The lowest BCUT2D eigenvalue weighted by Gasteiger charge is -2.17. The highest BCUT2D eigenvalue weighted by Crippen LogP contribution is 2.11. The molecule has 2 rings (SSSR count). The number of nitrogens with one attached hydrogen (secondary N) is 3. The zero-order chi connectivity index (χ0) is 25.3. The first-order valence-corrected chi connectivity index (χ1v) is 11.6. The fourth-order valence-corrected chi connectivity index (χ4v) is 4.04. The molecule has 0 aliphatic rings. The molecule has 0 aromatic heterocycles. The van der Waals surface area contributed by atoms with E-state index in [2.05, 4.69) is 19.9 Å². The van der Waals surface area contributed by atoms with E-state index in [1.54, 1.807) is 50.2 Å². The third-order valence-electron chi connectivity index (χ3n) is 4.60. The fraction of sp³-hybridized carbons (Fsp3) is 0.273. The molecule has 0 unspecified atom stereocenters. The van der Waals surface area contributed by atoms with Gasteiger partial charge in [0.25, 0.3) is 5.91 Å². The molecule has 11 nitrogen and oxygen atoms in total. The summed E-state index contributed by atoms with van der Waals surface area (Å²) in [5.41, 5.74) is 7.91. The number of rotatable bonds is 11. The summed E-state index contributed by atoms with van der Waals surface area (Å²) < 4.78 is 32.1. The number of nitrogens with zero attached hydrogens (tertiary/aromatic N) is 1. The van der Waals surface area contributed by atoms with E-state index < -0.39 is 34.5 Å². The van der Waals surface area contributed by atoms with Crippen LogP contribution in [0.1, 0.15) is 23.6 Å². The molecule has 1 atom stereocenters. The molecule has 12 heteroatoms. The standard InChI is InChI=1S/C22H27N5O6S/c1-14-5-4-6-18(11-14)34(30,31)27-19(22(29)32-3)12-25-20(28)13-33-26-15(2)16-7-9-17(10-8-16)21(23)24/h4-11,19,27H,12-13H2,1-3H3,(H3,23,24)(H,25,28)/t19-/m0/s1. The second-order valence-corrected chi connectivity index (χ2v) is 8.97. The number of nitrogen functional groups attached to an aromatic ring is 1. The number of methoxy groups -OCH3 is 1. The van der Waals surface area contributed by atoms with Crippen molar-refractivity contribution in [2.24, 2.45) is 10.9 Å². The number of nitrogens with two attached hydrogens (primary N) is 1. The molecule has 0 heterocycles. The third kappa shape index (κ3) is 7.67. The number of carbonyl (C=O) groups is 2. The number of aryl methyl sites for hydroxylation is 1. The summed E-state index contributed by atoms with van der Waals surface area (Å²) in [7, 11) is -2.92. The van der Waals surface area contributed by atoms with E-state index in [1.807, 2.05) is 0 Å². The lowest BCUT2D eigenvalue weighted by atomic mass is 10.1. The zero-order valence-electron chi connectivity index (χ0n) is 19.0. The first-order valence-electron chi connectivity index (χ1n) is 10.1. The van der Waals surface area contributed by atoms with Crippen molar-refractivity contribution in [3.05, 3.63) is 65.2 Å². The molecule has 34 heavy (non-hydrogen) atoms. The summed E-state index contributed by atoms with van der Waals surface area (Å²) in [4.78, 5) is 29.2. The second-order valence-electron chi connectivity index (χ2n) is 7.26. The minimum Gasteiger partial charge on any atom is -0.468 e. The lowest BCUT2D eigenvalue weighted by Crippen LogP contribution is -2.49. The Morgan fingerprint density at radius 1 is 1.15 bits per heavy atom. The van der Waals surface area contributed by atoms with Crippen LogP contribution in [0.25, 0.3) is 0 Å². The van der Waals surface area contributed by atoms with Crippen LogP contribution in [0.3, 0.4) is 0 Å². The first-order chi connectivity index (χ1) is 16.0. The van der Waals surface area contributed by atoms with Crippen LogP contribution in [-0.2, 0) is 29.2 Å². The number of carbonyl (C=O) groups excluding carboxylic acids is 2. The first kappa shape index (κ1) is 26.5. The van der Waals surface area contributed by atoms with E-state index in [-0.39, 0.29) is 17.3 Å². The minimum absolute atomic E-state index is 0.0165. The van der Waals surface area contributed by atoms with Crippen LogP contribution in [-0.4, -0.2) is 58.1 Å². The van der Waals surface area contributed by atoms with Crippen molar-refractivity contribution >= 4 is 33.4 Å². The van der Waals surface area contributed by atoms with Crippen LogP contribution in [0.4, 0.5) is 0 Å². The highest BCUT2D eigenvalue weighted by molar-refractivity contribution is 7.89. The van der Waals surface area contributed by atoms with Gasteiger partial charge < -0.3 is 20.6 Å². The number of hydrogen-bond acceptors (Lipinski definition) is 8. The number of amidine groups is 1. The molecular weight excluding hydrogens is 462 g/mol. The van der Waals surface area contributed by atoms with Gasteiger partial charge in [-0.3, -0.25) is 15.0 Å². The smallest absolute Gasteiger partial charge is 0.325 e. The average molecular weight is 490 g/mol. The Morgan fingerprint density at radius 2 is 1.79 bits per heavy atom. The maximum absolute atomic E-state index is 12.6. The molecule has 1 amide bonds. The van der Waals surface area contributed by atoms with Crippen molar-refractivity contribution in [3.8, 4) is 0 Å². The van der Waals surface area contributed by atoms with E-state index in [1.165, 1.54) is 12.1 Å². The van der Waals surface area contributed by atoms with Gasteiger partial charge in [0.1, 0.15) is 11.9 Å². The molecule has 0 spiro atoms. The van der Waals surface area contributed by atoms with Gasteiger partial charge in [-0.1, -0.05) is 41.6 Å². The summed E-state index contributed by atoms with van der Waals surface area (Å²) in [5.74, 6) is -1.53. The molecule has 0 aliphatic heterocycles. The van der Waals surface area contributed by atoms with Gasteiger partial charge in [-0.25, -0.2) is 8.42 Å². The lowest BCUT2D eigenvalue weighted by molar-refractivity contribution is -0.142. The van der Waals surface area contributed by atoms with Gasteiger partial charge in [-0.2, -0.15) is 4.72 Å². The average Bonchev–Trinajstić information content (AvgIpc) is 2.81. The van der Waals surface area contributed by atoms with E-state index in [0.717, 1.165) is 12.7 Å². The van der Waals surface area contributed by atoms with Crippen LogP contribution >= 0.6 is 0 Å². The van der Waals surface area contributed by atoms with E-state index >= 15 is 0 Å². The van der Waals surface area contributed by atoms with Gasteiger partial charge in [-0.05, 0) is 37.1 Å². The van der Waals surface area contributed by atoms with Crippen molar-refractivity contribution in [2.75, 3.05) is 20.3 Å². The SMILES string of the molecule is COC(=O)[C@H](CNC(=O)CON=C(C)c1ccc(C(=N)N)cc1)NS(=O)(=O)c1cccc(C)c1. The fourth-order valence-electron chi connectivity index (χ4n) is 2.75. The van der Waals surface area contributed by atoms with Gasteiger partial charge in [0.05, 0.1) is 17.7 Å². The van der Waals surface area contributed by atoms with Crippen LogP contribution in [0.2, 0.25) is 0 Å². The van der Waals surface area contributed by atoms with Gasteiger partial charge in [0.2, 0.25) is 10.0 Å². The van der Waals surface area contributed by atoms with Crippen LogP contribution in [0.15, 0.2) is 58.6 Å². The van der Waals surface area contributed by atoms with Crippen LogP contribution < -0.4 is 15.8 Å². The predicted molar refractivity (Wildman–Crippen MR) is 126 cm³/mol. The molecular formula is C22H27N5O6S. The zero-order valence-corrected chi connectivity index (χ0v) is 19.8. The normalized spacial score (nSPS) is 12.5. The number of hydrogen-bond donors (Lipinski definition) is 4. The summed E-state index contributed by atoms with van der Waals surface area (Å²) >= 11 is 0. The van der Waals surface area contributed by atoms with Crippen molar-refractivity contribution < 1.29 is 27.6 Å². The quantitative estimate of drug-likeness (QED) is 0.155. The van der Waals surface area contributed by atoms with Gasteiger partial charge in [0, 0.05) is 12.1 Å². The van der Waals surface area contributed by atoms with Crippen LogP contribution in [0, 0.1) is 12.3 Å². The molecule has 0 saturated carbocycles. The summed E-state index contributed by atoms with van der Waals surface area (Å²) in [6.07, 6.45) is 0. The van der Waals surface area contributed by atoms with Crippen molar-refractivity contribution in [2.45, 2.75) is 24.8 Å². The monoisotopic (exact) mass is 489 g/mol. The number of esters is 1. The van der Waals surface area contributed by atoms with Gasteiger partial charge in [0.15, 0.2) is 6.61 Å². The van der Waals surface area contributed by atoms with E-state index in [4.69, 9.17) is 16.0 Å². The summed E-state index contributed by atoms with van der Waals surface area (Å²) in [6.45, 7) is 2.60. The second kappa shape index (κ2) is 11.9. The summed E-state index contributed by atoms with van der Waals surface area (Å²) in [6, 6.07) is 11.6. The molecule has 2 aromatic carbocycles. The number of benzene rings is 2. The maximum atomic E-state index is 12.6. The highest BCUT2D eigenvalue weighted by Gasteiger charge is 2.27. The molecule has 0 bridgehead atoms. The summed E-state index contributed by atoms with van der Waals surface area (Å²) in [5, 5.41) is 13.7. The van der Waals surface area contributed by atoms with E-state index in [0.29, 0.717) is 16.8 Å². The van der Waals surface area contributed by atoms with Crippen LogP contribution in [0.5, 0.6) is 0 Å². The predicted octanol–water partition coefficient (Wildman–Crippen LogP) is 0.656. The van der Waals surface area contributed by atoms with Crippen molar-refractivity contribution in [1.82, 2.24) is 10.0 Å². The number of amides is 1. The number of sulfonamides is 1. The van der Waals surface area contributed by atoms with E-state index in [9.17, 15) is 18.0 Å². The Labute approximate surface area is 197 Å². The molecule has 0 radical (unpaired) electrons. The number of ether oxygens (including phenoxy) is 1. The molecule has 0 saturated heterocycles. The molecule has 0 fully saturated rings. The third-order valence-corrected chi connectivity index (χ3v) is 6.07. The Kier molecular flexibility index (Phi) is 9.27. The van der Waals surface area contributed by atoms with Gasteiger partial charge in [-0.15, -0.1) is 0 Å². The Hall–Kier alpha value is -3.77. The molecule has 2 aromatic rings. The largest absolute Gasteiger partial charge is 0.468 e. The number of oxime groups is 1. The minimum atomic E-state index is -4.03. The molecule has 0 aliphatic carbocycles. The Balaban J connectivity index is 1.93. The topological polar surface area (TPSA) is 173 Å². The van der Waals surface area contributed by atoms with Gasteiger partial charge >= 0.3 is 5.97 Å². The Morgan fingerprint density at radius 3 is 2.38 bits per heavy atom. The maximum Gasteiger partial charge on any atom is 0.325 e. The Bertz CT molecular complexity index is 1180.